The minimum Gasteiger partial charge on any atom is -0.496 e. The Morgan fingerprint density at radius 1 is 1.14 bits per heavy atom. The van der Waals surface area contributed by atoms with Gasteiger partial charge in [-0.05, 0) is 56.8 Å². The highest BCUT2D eigenvalue weighted by Crippen LogP contribution is 2.48. The van der Waals surface area contributed by atoms with Crippen molar-refractivity contribution in [2.45, 2.75) is 50.4 Å². The summed E-state index contributed by atoms with van der Waals surface area (Å²) in [5.74, 6) is 0.790. The van der Waals surface area contributed by atoms with E-state index in [0.717, 1.165) is 47.7 Å². The molecule has 0 unspecified atom stereocenters. The number of ether oxygens (including phenoxy) is 1. The molecule has 2 heterocycles. The van der Waals surface area contributed by atoms with Gasteiger partial charge in [-0.1, -0.05) is 24.3 Å². The number of para-hydroxylation sites is 1. The molecule has 1 saturated carbocycles. The number of aromatic nitrogens is 1. The van der Waals surface area contributed by atoms with E-state index in [0.29, 0.717) is 32.4 Å². The Labute approximate surface area is 206 Å². The number of fused-ring (bicyclic) bond motifs is 3. The second-order valence-corrected chi connectivity index (χ2v) is 10.0. The summed E-state index contributed by atoms with van der Waals surface area (Å²) < 4.78 is 33.2. The lowest BCUT2D eigenvalue weighted by molar-refractivity contribution is 0.0957. The van der Waals surface area contributed by atoms with E-state index in [4.69, 9.17) is 4.74 Å². The summed E-state index contributed by atoms with van der Waals surface area (Å²) in [5, 5.41) is 7.90. The number of nitrogens with zero attached hydrogens (tertiary/aromatic N) is 1. The summed E-state index contributed by atoms with van der Waals surface area (Å²) in [5.41, 5.74) is 4.51. The van der Waals surface area contributed by atoms with Gasteiger partial charge in [0.15, 0.2) is 0 Å². The number of halogens is 2. The highest BCUT2D eigenvalue weighted by molar-refractivity contribution is 5.85. The molecule has 2 atom stereocenters. The average Bonchev–Trinajstić information content (AvgIpc) is 3.49. The monoisotopic (exact) mass is 482 g/mol. The molecule has 0 saturated heterocycles. The number of hydrogen-bond acceptors (Lipinski definition) is 4. The Balaban J connectivity index is 1.46. The maximum absolute atomic E-state index is 15.1. The summed E-state index contributed by atoms with van der Waals surface area (Å²) in [4.78, 5) is 6.00. The standard InChI is InChI=1S/C28H36F2N4O/c1-19-16-23-21-6-3-4-7-24(21)33-26(23)27(34(19)18-28(30)10-11-28)22-9-8-20(17-25(22)35-2)32-15-14-31-13-5-12-29/h3-4,6-9,17,19,27,31-33H,5,10-16,18H2,1-2H3/t19-,27-/m1/s1. The molecule has 5 nitrogen and oxygen atoms in total. The van der Waals surface area contributed by atoms with Crippen LogP contribution in [0.25, 0.3) is 10.9 Å². The van der Waals surface area contributed by atoms with Crippen molar-refractivity contribution in [2.75, 3.05) is 45.3 Å². The van der Waals surface area contributed by atoms with Crippen molar-refractivity contribution in [3.63, 3.8) is 0 Å². The molecule has 2 aromatic carbocycles. The van der Waals surface area contributed by atoms with Gasteiger partial charge in [-0.15, -0.1) is 0 Å². The lowest BCUT2D eigenvalue weighted by Gasteiger charge is -2.42. The average molecular weight is 483 g/mol. The summed E-state index contributed by atoms with van der Waals surface area (Å²) in [7, 11) is 1.70. The van der Waals surface area contributed by atoms with E-state index in [1.807, 2.05) is 6.07 Å². The lowest BCUT2D eigenvalue weighted by Crippen LogP contribution is -2.46. The first-order valence-corrected chi connectivity index (χ1v) is 12.8. The number of hydrogen-bond donors (Lipinski definition) is 3. The minimum atomic E-state index is -1.08. The van der Waals surface area contributed by atoms with Crippen LogP contribution in [0.4, 0.5) is 14.5 Å². The topological polar surface area (TPSA) is 52.3 Å². The van der Waals surface area contributed by atoms with Crippen LogP contribution in [0.5, 0.6) is 5.75 Å². The number of anilines is 1. The quantitative estimate of drug-likeness (QED) is 0.322. The van der Waals surface area contributed by atoms with Gasteiger partial charge in [0.05, 0.1) is 19.8 Å². The molecule has 0 spiro atoms. The van der Waals surface area contributed by atoms with E-state index in [-0.39, 0.29) is 18.8 Å². The zero-order valence-electron chi connectivity index (χ0n) is 20.7. The van der Waals surface area contributed by atoms with Gasteiger partial charge in [0.1, 0.15) is 11.4 Å². The third-order valence-corrected chi connectivity index (χ3v) is 7.42. The van der Waals surface area contributed by atoms with Crippen LogP contribution < -0.4 is 15.4 Å². The normalized spacial score (nSPS) is 21.1. The first-order valence-electron chi connectivity index (χ1n) is 12.8. The number of H-pyrrole nitrogens is 1. The molecule has 0 amide bonds. The molecular formula is C28H36F2N4O. The van der Waals surface area contributed by atoms with Crippen molar-refractivity contribution >= 4 is 16.6 Å². The van der Waals surface area contributed by atoms with Gasteiger partial charge < -0.3 is 20.4 Å². The molecule has 188 valence electrons. The smallest absolute Gasteiger partial charge is 0.126 e. The molecule has 0 radical (unpaired) electrons. The van der Waals surface area contributed by atoms with Crippen LogP contribution in [-0.4, -0.2) is 61.6 Å². The fourth-order valence-corrected chi connectivity index (χ4v) is 5.37. The largest absolute Gasteiger partial charge is 0.496 e. The predicted octanol–water partition coefficient (Wildman–Crippen LogP) is 5.38. The molecule has 0 bridgehead atoms. The molecule has 35 heavy (non-hydrogen) atoms. The molecule has 2 aliphatic rings. The van der Waals surface area contributed by atoms with Crippen LogP contribution in [0, 0.1) is 0 Å². The van der Waals surface area contributed by atoms with E-state index in [1.54, 1.807) is 7.11 Å². The van der Waals surface area contributed by atoms with Crippen LogP contribution in [0.15, 0.2) is 42.5 Å². The maximum Gasteiger partial charge on any atom is 0.126 e. The first-order chi connectivity index (χ1) is 17.0. The predicted molar refractivity (Wildman–Crippen MR) is 138 cm³/mol. The second-order valence-electron chi connectivity index (χ2n) is 10.0. The van der Waals surface area contributed by atoms with E-state index < -0.39 is 5.67 Å². The van der Waals surface area contributed by atoms with E-state index in [9.17, 15) is 4.39 Å². The van der Waals surface area contributed by atoms with Crippen molar-refractivity contribution in [1.29, 1.82) is 0 Å². The number of benzene rings is 2. The van der Waals surface area contributed by atoms with Crippen LogP contribution >= 0.6 is 0 Å². The highest BCUT2D eigenvalue weighted by atomic mass is 19.1. The fraction of sp³-hybridized carbons (Fsp3) is 0.500. The third kappa shape index (κ3) is 5.02. The highest BCUT2D eigenvalue weighted by Gasteiger charge is 2.48. The van der Waals surface area contributed by atoms with Crippen LogP contribution in [0.1, 0.15) is 49.0 Å². The molecule has 5 rings (SSSR count). The van der Waals surface area contributed by atoms with Gasteiger partial charge in [0, 0.05) is 59.6 Å². The molecule has 1 fully saturated rings. The first kappa shape index (κ1) is 24.1. The molecule has 3 aromatic rings. The lowest BCUT2D eigenvalue weighted by atomic mass is 9.87. The van der Waals surface area contributed by atoms with Crippen molar-refractivity contribution in [3.05, 3.63) is 59.3 Å². The van der Waals surface area contributed by atoms with Gasteiger partial charge in [-0.2, -0.15) is 0 Å². The van der Waals surface area contributed by atoms with Gasteiger partial charge in [0.25, 0.3) is 0 Å². The molecule has 7 heteroatoms. The summed E-state index contributed by atoms with van der Waals surface area (Å²) >= 11 is 0. The molecule has 1 aliphatic heterocycles. The minimum absolute atomic E-state index is 0.110. The van der Waals surface area contributed by atoms with Crippen LogP contribution in [0.3, 0.4) is 0 Å². The third-order valence-electron chi connectivity index (χ3n) is 7.42. The van der Waals surface area contributed by atoms with Crippen molar-refractivity contribution in [2.24, 2.45) is 0 Å². The fourth-order valence-electron chi connectivity index (χ4n) is 5.37. The second kappa shape index (κ2) is 10.2. The van der Waals surface area contributed by atoms with E-state index in [1.165, 1.54) is 10.9 Å². The zero-order chi connectivity index (χ0) is 24.4. The van der Waals surface area contributed by atoms with Crippen LogP contribution in [-0.2, 0) is 6.42 Å². The van der Waals surface area contributed by atoms with Crippen molar-refractivity contribution in [1.82, 2.24) is 15.2 Å². The van der Waals surface area contributed by atoms with Gasteiger partial charge in [0.2, 0.25) is 0 Å². The molecule has 3 N–H and O–H groups in total. The summed E-state index contributed by atoms with van der Waals surface area (Å²) in [6, 6.07) is 14.7. The Kier molecular flexibility index (Phi) is 6.98. The number of methoxy groups -OCH3 is 1. The van der Waals surface area contributed by atoms with Crippen LogP contribution in [0.2, 0.25) is 0 Å². The summed E-state index contributed by atoms with van der Waals surface area (Å²) in [6.45, 7) is 4.52. The Hall–Kier alpha value is -2.64. The number of alkyl halides is 2. The summed E-state index contributed by atoms with van der Waals surface area (Å²) in [6.07, 6.45) is 2.71. The number of aromatic amines is 1. The van der Waals surface area contributed by atoms with Gasteiger partial charge in [-0.3, -0.25) is 9.29 Å². The van der Waals surface area contributed by atoms with Gasteiger partial charge >= 0.3 is 0 Å². The Morgan fingerprint density at radius 2 is 1.97 bits per heavy atom. The van der Waals surface area contributed by atoms with Crippen molar-refractivity contribution < 1.29 is 13.5 Å². The zero-order valence-corrected chi connectivity index (χ0v) is 20.7. The van der Waals surface area contributed by atoms with E-state index >= 15 is 4.39 Å². The Bertz CT molecular complexity index is 1160. The number of nitrogens with one attached hydrogen (secondary N) is 3. The van der Waals surface area contributed by atoms with Crippen molar-refractivity contribution in [3.8, 4) is 5.75 Å². The van der Waals surface area contributed by atoms with E-state index in [2.05, 4.69) is 63.8 Å². The SMILES string of the molecule is COc1cc(NCCNCCCF)ccc1[C@@H]1c2[nH]c3ccccc3c2C[C@@H](C)N1CC1(F)CC1. The molecule has 1 aromatic heterocycles. The molecular weight excluding hydrogens is 446 g/mol. The maximum atomic E-state index is 15.1. The number of rotatable bonds is 11. The van der Waals surface area contributed by atoms with Gasteiger partial charge in [-0.25, -0.2) is 4.39 Å². The molecule has 1 aliphatic carbocycles. The Morgan fingerprint density at radius 3 is 2.74 bits per heavy atom.